The second-order valence-corrected chi connectivity index (χ2v) is 7.78. The lowest BCUT2D eigenvalue weighted by atomic mass is 9.74. The van der Waals surface area contributed by atoms with Gasteiger partial charge in [-0.25, -0.2) is 0 Å². The van der Waals surface area contributed by atoms with Gasteiger partial charge < -0.3 is 11.1 Å². The summed E-state index contributed by atoms with van der Waals surface area (Å²) < 4.78 is 1.09. The van der Waals surface area contributed by atoms with Gasteiger partial charge in [0.1, 0.15) is 0 Å². The molecule has 3 N–H and O–H groups in total. The Morgan fingerprint density at radius 1 is 1.58 bits per heavy atom. The number of hydrogen-bond donors (Lipinski definition) is 2. The molecule has 0 aliphatic heterocycles. The lowest BCUT2D eigenvalue weighted by Gasteiger charge is -2.37. The van der Waals surface area contributed by atoms with Gasteiger partial charge in [-0.2, -0.15) is 0 Å². The average molecular weight is 368 g/mol. The molecule has 1 aliphatic carbocycles. The number of carbonyl (C=O) groups is 1. The maximum atomic E-state index is 12.2. The van der Waals surface area contributed by atoms with E-state index in [9.17, 15) is 4.79 Å². The van der Waals surface area contributed by atoms with E-state index in [1.54, 1.807) is 11.3 Å². The normalized spacial score (nSPS) is 26.6. The lowest BCUT2D eigenvalue weighted by Crippen LogP contribution is -2.52. The van der Waals surface area contributed by atoms with E-state index in [1.165, 1.54) is 0 Å². The molecule has 108 valence electrons. The van der Waals surface area contributed by atoms with Crippen LogP contribution in [0.1, 0.15) is 37.5 Å². The Labute approximate surface area is 132 Å². The van der Waals surface area contributed by atoms with E-state index < -0.39 is 0 Å². The first-order valence-corrected chi connectivity index (χ1v) is 7.91. The summed E-state index contributed by atoms with van der Waals surface area (Å²) in [5, 5.41) is 3.01. The first-order valence-electron chi connectivity index (χ1n) is 6.30. The molecular formula is C13H20BrClN2OS. The summed E-state index contributed by atoms with van der Waals surface area (Å²) in [5.74, 6) is 0.0545. The van der Waals surface area contributed by atoms with E-state index in [-0.39, 0.29) is 29.8 Å². The van der Waals surface area contributed by atoms with Gasteiger partial charge in [0.15, 0.2) is 0 Å². The molecule has 2 rings (SSSR count). The number of thiophene rings is 1. The van der Waals surface area contributed by atoms with Gasteiger partial charge in [0.25, 0.3) is 0 Å². The standard InChI is InChI=1S/C13H19BrN2OS.ClH/c1-13(15)7-3-2-4-10(13)12(17)16-8-9-5-6-11(14)18-9;/h5-6,10H,2-4,7-8,15H2,1H3,(H,16,17);1H. The summed E-state index contributed by atoms with van der Waals surface area (Å²) in [6.45, 7) is 2.60. The quantitative estimate of drug-likeness (QED) is 0.859. The highest BCUT2D eigenvalue weighted by molar-refractivity contribution is 9.11. The molecule has 0 saturated heterocycles. The fraction of sp³-hybridized carbons (Fsp3) is 0.615. The minimum Gasteiger partial charge on any atom is -0.351 e. The van der Waals surface area contributed by atoms with Crippen molar-refractivity contribution >= 4 is 45.6 Å². The van der Waals surface area contributed by atoms with E-state index in [2.05, 4.69) is 21.2 Å². The number of rotatable bonds is 3. The van der Waals surface area contributed by atoms with Crippen LogP contribution in [-0.4, -0.2) is 11.4 Å². The van der Waals surface area contributed by atoms with Crippen molar-refractivity contribution in [3.05, 3.63) is 20.8 Å². The summed E-state index contributed by atoms with van der Waals surface area (Å²) in [6, 6.07) is 4.03. The molecule has 0 spiro atoms. The first-order chi connectivity index (χ1) is 8.49. The third-order valence-corrected chi connectivity index (χ3v) is 5.26. The molecule has 1 aromatic rings. The third-order valence-electron chi connectivity index (χ3n) is 3.64. The van der Waals surface area contributed by atoms with Crippen molar-refractivity contribution in [2.75, 3.05) is 0 Å². The highest BCUT2D eigenvalue weighted by Crippen LogP contribution is 2.31. The SMILES string of the molecule is CC1(N)CCCCC1C(=O)NCc1ccc(Br)s1.Cl. The molecule has 19 heavy (non-hydrogen) atoms. The smallest absolute Gasteiger partial charge is 0.225 e. The van der Waals surface area contributed by atoms with Crippen LogP contribution in [0.4, 0.5) is 0 Å². The summed E-state index contributed by atoms with van der Waals surface area (Å²) in [6.07, 6.45) is 4.09. The van der Waals surface area contributed by atoms with Crippen LogP contribution in [0.2, 0.25) is 0 Å². The monoisotopic (exact) mass is 366 g/mol. The molecule has 1 amide bonds. The van der Waals surface area contributed by atoms with E-state index in [0.717, 1.165) is 34.3 Å². The van der Waals surface area contributed by atoms with Crippen molar-refractivity contribution in [1.29, 1.82) is 0 Å². The van der Waals surface area contributed by atoms with Crippen LogP contribution >= 0.6 is 39.7 Å². The Kier molecular flexibility index (Phi) is 6.30. The summed E-state index contributed by atoms with van der Waals surface area (Å²) in [7, 11) is 0. The Morgan fingerprint density at radius 2 is 2.32 bits per heavy atom. The topological polar surface area (TPSA) is 55.1 Å². The van der Waals surface area contributed by atoms with Crippen LogP contribution in [0.25, 0.3) is 0 Å². The Morgan fingerprint density at radius 3 is 2.89 bits per heavy atom. The third kappa shape index (κ3) is 4.45. The largest absolute Gasteiger partial charge is 0.351 e. The van der Waals surface area contributed by atoms with Crippen LogP contribution in [-0.2, 0) is 11.3 Å². The molecular weight excluding hydrogens is 348 g/mol. The van der Waals surface area contributed by atoms with Crippen LogP contribution in [0.15, 0.2) is 15.9 Å². The molecule has 2 unspecified atom stereocenters. The molecule has 1 aliphatic rings. The van der Waals surface area contributed by atoms with E-state index in [0.29, 0.717) is 6.54 Å². The second kappa shape index (κ2) is 7.07. The molecule has 6 heteroatoms. The molecule has 3 nitrogen and oxygen atoms in total. The minimum absolute atomic E-state index is 0. The molecule has 1 fully saturated rings. The van der Waals surface area contributed by atoms with Crippen molar-refractivity contribution in [3.8, 4) is 0 Å². The number of hydrogen-bond acceptors (Lipinski definition) is 3. The number of nitrogens with two attached hydrogens (primary N) is 1. The van der Waals surface area contributed by atoms with Crippen molar-refractivity contribution in [1.82, 2.24) is 5.32 Å². The van der Waals surface area contributed by atoms with Gasteiger partial charge in [0, 0.05) is 10.4 Å². The zero-order valence-electron chi connectivity index (χ0n) is 10.9. The Bertz CT molecular complexity index is 436. The molecule has 1 heterocycles. The van der Waals surface area contributed by atoms with Crippen molar-refractivity contribution < 1.29 is 4.79 Å². The van der Waals surface area contributed by atoms with Crippen LogP contribution < -0.4 is 11.1 Å². The van der Waals surface area contributed by atoms with E-state index in [4.69, 9.17) is 5.73 Å². The molecule has 1 saturated carbocycles. The number of amides is 1. The molecule has 0 aromatic carbocycles. The molecule has 2 atom stereocenters. The lowest BCUT2D eigenvalue weighted by molar-refractivity contribution is -0.128. The van der Waals surface area contributed by atoms with Gasteiger partial charge in [-0.05, 0) is 47.8 Å². The van der Waals surface area contributed by atoms with Gasteiger partial charge in [0.05, 0.1) is 16.2 Å². The Hall–Kier alpha value is -0.100. The predicted octanol–water partition coefficient (Wildman–Crippen LogP) is 3.46. The van der Waals surface area contributed by atoms with Gasteiger partial charge in [0.2, 0.25) is 5.91 Å². The second-order valence-electron chi connectivity index (χ2n) is 5.23. The fourth-order valence-corrected chi connectivity index (χ4v) is 3.96. The summed E-state index contributed by atoms with van der Waals surface area (Å²) in [5.41, 5.74) is 5.88. The van der Waals surface area contributed by atoms with E-state index >= 15 is 0 Å². The zero-order chi connectivity index (χ0) is 13.2. The first kappa shape index (κ1) is 17.0. The predicted molar refractivity (Wildman–Crippen MR) is 85.7 cm³/mol. The van der Waals surface area contributed by atoms with Gasteiger partial charge >= 0.3 is 0 Å². The maximum absolute atomic E-state index is 12.2. The highest BCUT2D eigenvalue weighted by atomic mass is 79.9. The summed E-state index contributed by atoms with van der Waals surface area (Å²) in [4.78, 5) is 13.4. The van der Waals surface area contributed by atoms with Gasteiger partial charge in [-0.15, -0.1) is 23.7 Å². The van der Waals surface area contributed by atoms with Gasteiger partial charge in [-0.1, -0.05) is 12.8 Å². The van der Waals surface area contributed by atoms with Crippen molar-refractivity contribution in [2.45, 2.75) is 44.7 Å². The zero-order valence-corrected chi connectivity index (χ0v) is 14.2. The van der Waals surface area contributed by atoms with Crippen molar-refractivity contribution in [2.24, 2.45) is 11.7 Å². The van der Waals surface area contributed by atoms with Crippen LogP contribution in [0.3, 0.4) is 0 Å². The van der Waals surface area contributed by atoms with Crippen molar-refractivity contribution in [3.63, 3.8) is 0 Å². The average Bonchev–Trinajstić information content (AvgIpc) is 2.71. The highest BCUT2D eigenvalue weighted by Gasteiger charge is 2.37. The molecule has 1 aromatic heterocycles. The summed E-state index contributed by atoms with van der Waals surface area (Å²) >= 11 is 5.07. The molecule has 0 radical (unpaired) electrons. The van der Waals surface area contributed by atoms with Crippen LogP contribution in [0, 0.1) is 5.92 Å². The fourth-order valence-electron chi connectivity index (χ4n) is 2.53. The van der Waals surface area contributed by atoms with Gasteiger partial charge in [-0.3, -0.25) is 4.79 Å². The van der Waals surface area contributed by atoms with Crippen LogP contribution in [0.5, 0.6) is 0 Å². The number of nitrogens with one attached hydrogen (secondary N) is 1. The Balaban J connectivity index is 0.00000180. The minimum atomic E-state index is -0.349. The van der Waals surface area contributed by atoms with E-state index in [1.807, 2.05) is 19.1 Å². The molecule has 0 bridgehead atoms. The number of halogens is 2. The maximum Gasteiger partial charge on any atom is 0.225 e. The number of carbonyl (C=O) groups excluding carboxylic acids is 1.